The highest BCUT2D eigenvalue weighted by Gasteiger charge is 2.17. The minimum Gasteiger partial charge on any atom is -0.507 e. The summed E-state index contributed by atoms with van der Waals surface area (Å²) in [5.41, 5.74) is 5.90. The summed E-state index contributed by atoms with van der Waals surface area (Å²) < 4.78 is 18.5. The topological polar surface area (TPSA) is 84.6 Å². The zero-order chi connectivity index (χ0) is 14.7. The molecule has 0 aromatic heterocycles. The predicted molar refractivity (Wildman–Crippen MR) is 73.4 cm³/mol. The van der Waals surface area contributed by atoms with Gasteiger partial charge in [-0.05, 0) is 24.3 Å². The molecule has 6 heteroatoms. The Morgan fingerprint density at radius 1 is 1.35 bits per heavy atom. The summed E-state index contributed by atoms with van der Waals surface area (Å²) in [6.07, 6.45) is 0. The number of ether oxygens (including phenoxy) is 1. The first-order valence-electron chi connectivity index (χ1n) is 5.75. The van der Waals surface area contributed by atoms with Crippen molar-refractivity contribution in [1.29, 1.82) is 0 Å². The second-order valence-corrected chi connectivity index (χ2v) is 4.04. The van der Waals surface area contributed by atoms with Crippen molar-refractivity contribution in [2.24, 2.45) is 0 Å². The number of benzene rings is 2. The molecule has 20 heavy (non-hydrogen) atoms. The van der Waals surface area contributed by atoms with Crippen LogP contribution >= 0.6 is 0 Å². The lowest BCUT2D eigenvalue weighted by Gasteiger charge is -2.11. The third kappa shape index (κ3) is 2.64. The number of nitrogens with one attached hydrogen (secondary N) is 1. The quantitative estimate of drug-likeness (QED) is 0.751. The molecule has 5 nitrogen and oxygen atoms in total. The minimum absolute atomic E-state index is 0.272. The number of anilines is 2. The van der Waals surface area contributed by atoms with Crippen LogP contribution in [-0.4, -0.2) is 18.1 Å². The molecule has 0 bridgehead atoms. The lowest BCUT2D eigenvalue weighted by molar-refractivity contribution is 0.102. The van der Waals surface area contributed by atoms with Crippen LogP contribution in [0, 0.1) is 5.82 Å². The second kappa shape index (κ2) is 5.48. The number of aromatic hydroxyl groups is 1. The van der Waals surface area contributed by atoms with Gasteiger partial charge in [0.25, 0.3) is 5.91 Å². The molecule has 0 atom stereocenters. The molecule has 0 spiro atoms. The standard InChI is InChI=1S/C14H13FN2O3/c1-20-8-5-6-11(10(16)7-8)17-14(19)13-9(15)3-2-4-12(13)18/h2-7,18H,16H2,1H3,(H,17,19). The molecule has 0 aliphatic rings. The van der Waals surface area contributed by atoms with Crippen LogP contribution in [0.1, 0.15) is 10.4 Å². The molecule has 0 saturated carbocycles. The van der Waals surface area contributed by atoms with E-state index in [1.165, 1.54) is 31.4 Å². The number of phenols is 1. The van der Waals surface area contributed by atoms with Gasteiger partial charge in [-0.25, -0.2) is 4.39 Å². The second-order valence-electron chi connectivity index (χ2n) is 4.04. The average Bonchev–Trinajstić information content (AvgIpc) is 2.41. The van der Waals surface area contributed by atoms with Crippen LogP contribution in [-0.2, 0) is 0 Å². The molecule has 4 N–H and O–H groups in total. The van der Waals surface area contributed by atoms with Gasteiger partial charge in [-0.1, -0.05) is 6.07 Å². The van der Waals surface area contributed by atoms with Crippen molar-refractivity contribution in [2.45, 2.75) is 0 Å². The van der Waals surface area contributed by atoms with Crippen molar-refractivity contribution in [3.63, 3.8) is 0 Å². The predicted octanol–water partition coefficient (Wildman–Crippen LogP) is 2.37. The fraction of sp³-hybridized carbons (Fsp3) is 0.0714. The summed E-state index contributed by atoms with van der Waals surface area (Å²) in [7, 11) is 1.49. The van der Waals surface area contributed by atoms with E-state index < -0.39 is 23.0 Å². The van der Waals surface area contributed by atoms with Gasteiger partial charge in [0.2, 0.25) is 0 Å². The summed E-state index contributed by atoms with van der Waals surface area (Å²) in [6, 6.07) is 8.29. The van der Waals surface area contributed by atoms with Gasteiger partial charge in [0.05, 0.1) is 18.5 Å². The lowest BCUT2D eigenvalue weighted by atomic mass is 10.1. The first-order chi connectivity index (χ1) is 9.52. The number of nitrogens with two attached hydrogens (primary N) is 1. The molecule has 0 heterocycles. The van der Waals surface area contributed by atoms with Crippen LogP contribution in [0.5, 0.6) is 11.5 Å². The van der Waals surface area contributed by atoms with Crippen molar-refractivity contribution in [1.82, 2.24) is 0 Å². The normalized spacial score (nSPS) is 10.1. The Bertz CT molecular complexity index is 639. The number of amides is 1. The number of carbonyl (C=O) groups is 1. The molecule has 2 rings (SSSR count). The van der Waals surface area contributed by atoms with Gasteiger partial charge in [0.15, 0.2) is 0 Å². The number of phenolic OH excluding ortho intramolecular Hbond substituents is 1. The molecule has 0 aliphatic heterocycles. The van der Waals surface area contributed by atoms with Crippen LogP contribution in [0.3, 0.4) is 0 Å². The molecule has 0 fully saturated rings. The highest BCUT2D eigenvalue weighted by atomic mass is 19.1. The Hall–Kier alpha value is -2.76. The van der Waals surface area contributed by atoms with E-state index in [4.69, 9.17) is 10.5 Å². The molecule has 0 unspecified atom stereocenters. The Balaban J connectivity index is 2.28. The third-order valence-electron chi connectivity index (χ3n) is 2.73. The number of carbonyl (C=O) groups excluding carboxylic acids is 1. The molecular formula is C14H13FN2O3. The molecule has 0 aliphatic carbocycles. The van der Waals surface area contributed by atoms with E-state index in [1.807, 2.05) is 0 Å². The van der Waals surface area contributed by atoms with Gasteiger partial charge in [-0.15, -0.1) is 0 Å². The summed E-state index contributed by atoms with van der Waals surface area (Å²) >= 11 is 0. The number of methoxy groups -OCH3 is 1. The largest absolute Gasteiger partial charge is 0.507 e. The maximum Gasteiger partial charge on any atom is 0.262 e. The SMILES string of the molecule is COc1ccc(NC(=O)c2c(O)cccc2F)c(N)c1. The highest BCUT2D eigenvalue weighted by molar-refractivity contribution is 6.07. The van der Waals surface area contributed by atoms with Gasteiger partial charge in [-0.2, -0.15) is 0 Å². The third-order valence-corrected chi connectivity index (χ3v) is 2.73. The molecule has 104 valence electrons. The molecule has 0 saturated heterocycles. The number of hydrogen-bond acceptors (Lipinski definition) is 4. The summed E-state index contributed by atoms with van der Waals surface area (Å²) in [5.74, 6) is -1.49. The number of rotatable bonds is 3. The number of nitrogen functional groups attached to an aromatic ring is 1. The zero-order valence-electron chi connectivity index (χ0n) is 10.7. The van der Waals surface area contributed by atoms with Crippen molar-refractivity contribution in [3.05, 3.63) is 47.8 Å². The van der Waals surface area contributed by atoms with E-state index >= 15 is 0 Å². The summed E-state index contributed by atoms with van der Waals surface area (Å²) in [6.45, 7) is 0. The Labute approximate surface area is 114 Å². The van der Waals surface area contributed by atoms with Gasteiger partial charge in [-0.3, -0.25) is 4.79 Å². The minimum atomic E-state index is -0.811. The Morgan fingerprint density at radius 2 is 2.10 bits per heavy atom. The number of halogens is 1. The van der Waals surface area contributed by atoms with E-state index in [0.29, 0.717) is 11.4 Å². The van der Waals surface area contributed by atoms with Crippen molar-refractivity contribution < 1.29 is 19.0 Å². The lowest BCUT2D eigenvalue weighted by Crippen LogP contribution is -2.15. The van der Waals surface area contributed by atoms with E-state index in [2.05, 4.69) is 5.32 Å². The fourth-order valence-corrected chi connectivity index (χ4v) is 1.70. The zero-order valence-corrected chi connectivity index (χ0v) is 10.7. The van der Waals surface area contributed by atoms with Crippen molar-refractivity contribution in [2.75, 3.05) is 18.2 Å². The highest BCUT2D eigenvalue weighted by Crippen LogP contribution is 2.26. The van der Waals surface area contributed by atoms with Gasteiger partial charge in [0.1, 0.15) is 22.9 Å². The smallest absolute Gasteiger partial charge is 0.262 e. The Morgan fingerprint density at radius 3 is 2.70 bits per heavy atom. The maximum atomic E-state index is 13.6. The molecule has 2 aromatic carbocycles. The molecule has 0 radical (unpaired) electrons. The molecule has 2 aromatic rings. The van der Waals surface area contributed by atoms with Crippen LogP contribution < -0.4 is 15.8 Å². The van der Waals surface area contributed by atoms with Crippen LogP contribution in [0.2, 0.25) is 0 Å². The van der Waals surface area contributed by atoms with Crippen LogP contribution in [0.4, 0.5) is 15.8 Å². The van der Waals surface area contributed by atoms with Crippen molar-refractivity contribution >= 4 is 17.3 Å². The fourth-order valence-electron chi connectivity index (χ4n) is 1.70. The van der Waals surface area contributed by atoms with Crippen LogP contribution in [0.15, 0.2) is 36.4 Å². The van der Waals surface area contributed by atoms with E-state index in [0.717, 1.165) is 6.07 Å². The van der Waals surface area contributed by atoms with Gasteiger partial charge >= 0.3 is 0 Å². The van der Waals surface area contributed by atoms with E-state index in [-0.39, 0.29) is 5.69 Å². The van der Waals surface area contributed by atoms with Crippen LogP contribution in [0.25, 0.3) is 0 Å². The van der Waals surface area contributed by atoms with E-state index in [9.17, 15) is 14.3 Å². The summed E-state index contributed by atoms with van der Waals surface area (Å²) in [4.78, 5) is 12.0. The van der Waals surface area contributed by atoms with E-state index in [1.54, 1.807) is 6.07 Å². The monoisotopic (exact) mass is 276 g/mol. The number of hydrogen-bond donors (Lipinski definition) is 3. The first-order valence-corrected chi connectivity index (χ1v) is 5.75. The summed E-state index contributed by atoms with van der Waals surface area (Å²) in [5, 5.41) is 12.0. The molecule has 1 amide bonds. The maximum absolute atomic E-state index is 13.6. The first kappa shape index (κ1) is 13.7. The van der Waals surface area contributed by atoms with Gasteiger partial charge < -0.3 is 20.9 Å². The average molecular weight is 276 g/mol. The Kier molecular flexibility index (Phi) is 3.74. The molecular weight excluding hydrogens is 263 g/mol. The van der Waals surface area contributed by atoms with Crippen molar-refractivity contribution in [3.8, 4) is 11.5 Å². The van der Waals surface area contributed by atoms with Gasteiger partial charge in [0, 0.05) is 6.07 Å².